The van der Waals surface area contributed by atoms with Gasteiger partial charge < -0.3 is 0 Å². The van der Waals surface area contributed by atoms with Crippen molar-refractivity contribution in [2.45, 2.75) is 58.3 Å². The first kappa shape index (κ1) is 12.5. The van der Waals surface area contributed by atoms with E-state index in [1.165, 1.54) is 51.4 Å². The van der Waals surface area contributed by atoms with Gasteiger partial charge in [-0.05, 0) is 32.6 Å². The Morgan fingerprint density at radius 1 is 0.846 bits per heavy atom. The van der Waals surface area contributed by atoms with Crippen LogP contribution in [-0.4, -0.2) is 0 Å². The summed E-state index contributed by atoms with van der Waals surface area (Å²) in [5, 5.41) is 0. The molecule has 0 saturated heterocycles. The largest absolute Gasteiger partial charge is 0.103 e. The minimum atomic E-state index is 1.19. The minimum absolute atomic E-state index is 1.19. The molecule has 0 fully saturated rings. The average molecular weight is 180 g/mol. The maximum atomic E-state index is 3.72. The molecule has 0 radical (unpaired) electrons. The standard InChI is InChI=1S/C13H24/c1-3-5-7-9-11-13-12-10-8-6-4-2/h3-4,6H,1,5,7-13H2,2H3/b6-4-. The summed E-state index contributed by atoms with van der Waals surface area (Å²) in [6.07, 6.45) is 17.2. The Morgan fingerprint density at radius 3 is 1.92 bits per heavy atom. The zero-order chi connectivity index (χ0) is 9.78. The number of unbranched alkanes of at least 4 members (excludes halogenated alkanes) is 7. The van der Waals surface area contributed by atoms with E-state index in [2.05, 4.69) is 25.7 Å². The Morgan fingerprint density at radius 2 is 1.38 bits per heavy atom. The average Bonchev–Trinajstić information content (AvgIpc) is 2.16. The van der Waals surface area contributed by atoms with Gasteiger partial charge in [0.1, 0.15) is 0 Å². The highest BCUT2D eigenvalue weighted by Gasteiger charge is 1.89. The van der Waals surface area contributed by atoms with Crippen molar-refractivity contribution in [1.29, 1.82) is 0 Å². The summed E-state index contributed by atoms with van der Waals surface area (Å²) < 4.78 is 0. The Balaban J connectivity index is 2.87. The molecule has 0 heteroatoms. The van der Waals surface area contributed by atoms with E-state index >= 15 is 0 Å². The molecule has 0 unspecified atom stereocenters. The van der Waals surface area contributed by atoms with Crippen LogP contribution in [0.25, 0.3) is 0 Å². The highest BCUT2D eigenvalue weighted by atomic mass is 13.9. The molecule has 0 aromatic carbocycles. The van der Waals surface area contributed by atoms with Gasteiger partial charge in [-0.15, -0.1) is 6.58 Å². The van der Waals surface area contributed by atoms with Crippen LogP contribution < -0.4 is 0 Å². The van der Waals surface area contributed by atoms with Crippen molar-refractivity contribution < 1.29 is 0 Å². The lowest BCUT2D eigenvalue weighted by Crippen LogP contribution is -1.78. The summed E-state index contributed by atoms with van der Waals surface area (Å²) in [5.74, 6) is 0. The van der Waals surface area contributed by atoms with Crippen molar-refractivity contribution >= 4 is 0 Å². The second kappa shape index (κ2) is 11.5. The van der Waals surface area contributed by atoms with Crippen LogP contribution in [0, 0.1) is 0 Å². The summed E-state index contributed by atoms with van der Waals surface area (Å²) in [4.78, 5) is 0. The van der Waals surface area contributed by atoms with Crippen LogP contribution in [-0.2, 0) is 0 Å². The summed E-state index contributed by atoms with van der Waals surface area (Å²) in [7, 11) is 0. The van der Waals surface area contributed by atoms with E-state index in [-0.39, 0.29) is 0 Å². The molecule has 0 aromatic heterocycles. The molecular formula is C13H24. The molecule has 0 spiro atoms. The maximum Gasteiger partial charge on any atom is -0.0351 e. The number of rotatable bonds is 9. The van der Waals surface area contributed by atoms with Gasteiger partial charge in [0, 0.05) is 0 Å². The van der Waals surface area contributed by atoms with Gasteiger partial charge in [-0.25, -0.2) is 0 Å². The van der Waals surface area contributed by atoms with Gasteiger partial charge in [-0.3, -0.25) is 0 Å². The van der Waals surface area contributed by atoms with Gasteiger partial charge in [0.05, 0.1) is 0 Å². The Hall–Kier alpha value is -0.520. The second-order valence-electron chi connectivity index (χ2n) is 3.56. The van der Waals surface area contributed by atoms with E-state index in [0.717, 1.165) is 0 Å². The van der Waals surface area contributed by atoms with E-state index < -0.39 is 0 Å². The van der Waals surface area contributed by atoms with Crippen molar-refractivity contribution in [2.24, 2.45) is 0 Å². The summed E-state index contributed by atoms with van der Waals surface area (Å²) in [6.45, 7) is 5.81. The van der Waals surface area contributed by atoms with Crippen LogP contribution in [0.1, 0.15) is 58.3 Å². The fourth-order valence-corrected chi connectivity index (χ4v) is 1.42. The van der Waals surface area contributed by atoms with Crippen molar-refractivity contribution in [2.75, 3.05) is 0 Å². The SMILES string of the molecule is C=CCCCCCCCC/C=C\C. The highest BCUT2D eigenvalue weighted by Crippen LogP contribution is 2.08. The molecule has 0 aliphatic rings. The van der Waals surface area contributed by atoms with Crippen molar-refractivity contribution in [3.05, 3.63) is 24.8 Å². The lowest BCUT2D eigenvalue weighted by molar-refractivity contribution is 0.600. The van der Waals surface area contributed by atoms with Crippen LogP contribution >= 0.6 is 0 Å². The molecule has 0 atom stereocenters. The van der Waals surface area contributed by atoms with Crippen molar-refractivity contribution in [3.63, 3.8) is 0 Å². The Bertz CT molecular complexity index is 122. The predicted octanol–water partition coefficient (Wildman–Crippen LogP) is 4.87. The topological polar surface area (TPSA) is 0 Å². The lowest BCUT2D eigenvalue weighted by Gasteiger charge is -1.98. The number of hydrogen-bond acceptors (Lipinski definition) is 0. The van der Waals surface area contributed by atoms with Crippen LogP contribution in [0.2, 0.25) is 0 Å². The van der Waals surface area contributed by atoms with E-state index in [0.29, 0.717) is 0 Å². The molecule has 0 aliphatic carbocycles. The Labute approximate surface area is 83.7 Å². The van der Waals surface area contributed by atoms with Gasteiger partial charge in [0.25, 0.3) is 0 Å². The smallest absolute Gasteiger partial charge is 0.0351 e. The molecule has 0 saturated carbocycles. The molecular weight excluding hydrogens is 156 g/mol. The Kier molecular flexibility index (Phi) is 11.0. The molecule has 0 amide bonds. The third kappa shape index (κ3) is 11.5. The van der Waals surface area contributed by atoms with Crippen LogP contribution in [0.3, 0.4) is 0 Å². The van der Waals surface area contributed by atoms with E-state index in [9.17, 15) is 0 Å². The second-order valence-corrected chi connectivity index (χ2v) is 3.56. The van der Waals surface area contributed by atoms with Gasteiger partial charge >= 0.3 is 0 Å². The van der Waals surface area contributed by atoms with Gasteiger partial charge in [-0.1, -0.05) is 43.9 Å². The molecule has 76 valence electrons. The predicted molar refractivity (Wildman–Crippen MR) is 61.9 cm³/mol. The third-order valence-corrected chi connectivity index (χ3v) is 2.26. The first-order chi connectivity index (χ1) is 6.41. The van der Waals surface area contributed by atoms with Crippen LogP contribution in [0.15, 0.2) is 24.8 Å². The summed E-state index contributed by atoms with van der Waals surface area (Å²) in [5.41, 5.74) is 0. The van der Waals surface area contributed by atoms with Gasteiger partial charge in [0.2, 0.25) is 0 Å². The van der Waals surface area contributed by atoms with Crippen LogP contribution in [0.4, 0.5) is 0 Å². The summed E-state index contributed by atoms with van der Waals surface area (Å²) in [6, 6.07) is 0. The zero-order valence-corrected chi connectivity index (χ0v) is 9.10. The monoisotopic (exact) mass is 180 g/mol. The van der Waals surface area contributed by atoms with Crippen LogP contribution in [0.5, 0.6) is 0 Å². The number of allylic oxidation sites excluding steroid dienone is 3. The maximum absolute atomic E-state index is 3.72. The van der Waals surface area contributed by atoms with Gasteiger partial charge in [0.15, 0.2) is 0 Å². The molecule has 0 nitrogen and oxygen atoms in total. The fourth-order valence-electron chi connectivity index (χ4n) is 1.42. The fraction of sp³-hybridized carbons (Fsp3) is 0.692. The molecule has 0 rings (SSSR count). The number of hydrogen-bond donors (Lipinski definition) is 0. The molecule has 0 aromatic rings. The zero-order valence-electron chi connectivity index (χ0n) is 9.10. The molecule has 0 aliphatic heterocycles. The first-order valence-corrected chi connectivity index (χ1v) is 5.64. The highest BCUT2D eigenvalue weighted by molar-refractivity contribution is 4.76. The van der Waals surface area contributed by atoms with Crippen molar-refractivity contribution in [1.82, 2.24) is 0 Å². The lowest BCUT2D eigenvalue weighted by atomic mass is 10.1. The quantitative estimate of drug-likeness (QED) is 0.351. The molecule has 13 heavy (non-hydrogen) atoms. The van der Waals surface area contributed by atoms with E-state index in [1.54, 1.807) is 0 Å². The van der Waals surface area contributed by atoms with E-state index in [1.807, 2.05) is 6.08 Å². The van der Waals surface area contributed by atoms with Crippen molar-refractivity contribution in [3.8, 4) is 0 Å². The summed E-state index contributed by atoms with van der Waals surface area (Å²) >= 11 is 0. The molecule has 0 N–H and O–H groups in total. The minimum Gasteiger partial charge on any atom is -0.103 e. The first-order valence-electron chi connectivity index (χ1n) is 5.64. The molecule has 0 bridgehead atoms. The van der Waals surface area contributed by atoms with Gasteiger partial charge in [-0.2, -0.15) is 0 Å². The normalized spacial score (nSPS) is 10.8. The molecule has 0 heterocycles. The van der Waals surface area contributed by atoms with E-state index in [4.69, 9.17) is 0 Å². The third-order valence-electron chi connectivity index (χ3n) is 2.26.